The molecule has 138 valence electrons. The molecule has 0 amide bonds. The van der Waals surface area contributed by atoms with Crippen molar-refractivity contribution < 1.29 is 26.7 Å². The molecule has 0 aliphatic heterocycles. The van der Waals surface area contributed by atoms with E-state index in [1.54, 1.807) is 6.92 Å². The molecule has 1 unspecified atom stereocenters. The van der Waals surface area contributed by atoms with E-state index in [0.29, 0.717) is 0 Å². The number of aliphatic hydroxyl groups excluding tert-OH is 1. The van der Waals surface area contributed by atoms with Gasteiger partial charge in [-0.25, -0.2) is 13.1 Å². The third-order valence-corrected chi connectivity index (χ3v) is 7.23. The van der Waals surface area contributed by atoms with Crippen molar-refractivity contribution in [1.29, 1.82) is 0 Å². The number of aliphatic hydroxyl groups is 1. The zero-order chi connectivity index (χ0) is 18.0. The van der Waals surface area contributed by atoms with Gasteiger partial charge in [-0.2, -0.15) is 13.2 Å². The van der Waals surface area contributed by atoms with Gasteiger partial charge in [-0.1, -0.05) is 12.8 Å². The van der Waals surface area contributed by atoms with E-state index in [0.717, 1.165) is 35.4 Å². The Kier molecular flexibility index (Phi) is 5.99. The molecule has 2 rings (SSSR count). The summed E-state index contributed by atoms with van der Waals surface area (Å²) in [5.41, 5.74) is -0.386. The summed E-state index contributed by atoms with van der Waals surface area (Å²) in [6.45, 7) is 1.77. The van der Waals surface area contributed by atoms with Crippen molar-refractivity contribution in [1.82, 2.24) is 4.72 Å². The van der Waals surface area contributed by atoms with Crippen LogP contribution in [-0.4, -0.2) is 32.0 Å². The normalized spacial score (nSPS) is 19.5. The zero-order valence-electron chi connectivity index (χ0n) is 13.4. The summed E-state index contributed by atoms with van der Waals surface area (Å²) in [5.74, 6) is -0.948. The highest BCUT2D eigenvalue weighted by Gasteiger charge is 2.38. The molecule has 9 heteroatoms. The Labute approximate surface area is 144 Å². The summed E-state index contributed by atoms with van der Waals surface area (Å²) >= 11 is 1.44. The Morgan fingerprint density at radius 2 is 1.96 bits per heavy atom. The van der Waals surface area contributed by atoms with Gasteiger partial charge in [0.1, 0.15) is 0 Å². The summed E-state index contributed by atoms with van der Waals surface area (Å²) in [6.07, 6.45) is -2.95. The van der Waals surface area contributed by atoms with Crippen LogP contribution < -0.4 is 4.72 Å². The molecule has 0 aromatic carbocycles. The number of rotatable bonds is 7. The lowest BCUT2D eigenvalue weighted by molar-refractivity contribution is -0.129. The van der Waals surface area contributed by atoms with Gasteiger partial charge in [-0.05, 0) is 31.9 Å². The number of sulfonamides is 1. The highest BCUT2D eigenvalue weighted by molar-refractivity contribution is 7.89. The average molecular weight is 385 g/mol. The summed E-state index contributed by atoms with van der Waals surface area (Å²) in [6, 6.07) is 3.71. The molecule has 1 aliphatic carbocycles. The minimum absolute atomic E-state index is 0.104. The molecule has 1 heterocycles. The fraction of sp³-hybridized carbons (Fsp3) is 0.733. The van der Waals surface area contributed by atoms with Crippen molar-refractivity contribution in [3.05, 3.63) is 21.9 Å². The van der Waals surface area contributed by atoms with Crippen molar-refractivity contribution >= 4 is 21.4 Å². The van der Waals surface area contributed by atoms with Crippen LogP contribution in [0.1, 0.15) is 54.9 Å². The van der Waals surface area contributed by atoms with Crippen molar-refractivity contribution in [2.24, 2.45) is 0 Å². The standard InChI is InChI=1S/C15H22F3NO3S2/c1-11(20)12-4-5-13(23-12)14(6-2-3-7-14)10-19-24(21,22)9-8-15(16,17)18/h4-5,11,19-20H,2-3,6-10H2,1H3. The lowest BCUT2D eigenvalue weighted by atomic mass is 9.85. The zero-order valence-corrected chi connectivity index (χ0v) is 15.0. The van der Waals surface area contributed by atoms with Crippen molar-refractivity contribution in [2.45, 2.75) is 56.7 Å². The Bertz CT molecular complexity index is 647. The van der Waals surface area contributed by atoms with Gasteiger partial charge in [-0.15, -0.1) is 11.3 Å². The average Bonchev–Trinajstić information content (AvgIpc) is 3.12. The smallest absolute Gasteiger partial charge is 0.388 e. The maximum atomic E-state index is 12.2. The number of halogens is 3. The fourth-order valence-electron chi connectivity index (χ4n) is 2.99. The van der Waals surface area contributed by atoms with E-state index in [2.05, 4.69) is 4.72 Å². The molecular formula is C15H22F3NO3S2. The topological polar surface area (TPSA) is 66.4 Å². The summed E-state index contributed by atoms with van der Waals surface area (Å²) in [4.78, 5) is 1.78. The molecule has 0 radical (unpaired) electrons. The van der Waals surface area contributed by atoms with E-state index < -0.39 is 34.5 Å². The molecule has 2 N–H and O–H groups in total. The van der Waals surface area contributed by atoms with Crippen LogP contribution in [0.3, 0.4) is 0 Å². The molecule has 1 saturated carbocycles. The third kappa shape index (κ3) is 5.18. The minimum Gasteiger partial charge on any atom is -0.388 e. The predicted molar refractivity (Wildman–Crippen MR) is 87.6 cm³/mol. The summed E-state index contributed by atoms with van der Waals surface area (Å²) in [7, 11) is -3.97. The summed E-state index contributed by atoms with van der Waals surface area (Å²) in [5, 5.41) is 9.66. The highest BCUT2D eigenvalue weighted by atomic mass is 32.2. The fourth-order valence-corrected chi connectivity index (χ4v) is 5.33. The van der Waals surface area contributed by atoms with E-state index >= 15 is 0 Å². The van der Waals surface area contributed by atoms with Crippen LogP contribution in [0.5, 0.6) is 0 Å². The van der Waals surface area contributed by atoms with Gasteiger partial charge >= 0.3 is 6.18 Å². The van der Waals surface area contributed by atoms with E-state index in [1.165, 1.54) is 11.3 Å². The molecule has 24 heavy (non-hydrogen) atoms. The maximum absolute atomic E-state index is 12.2. The van der Waals surface area contributed by atoms with Gasteiger partial charge in [0.25, 0.3) is 0 Å². The minimum atomic E-state index is -4.49. The first-order valence-corrected chi connectivity index (χ1v) is 10.3. The van der Waals surface area contributed by atoms with Crippen LogP contribution in [-0.2, 0) is 15.4 Å². The molecule has 1 fully saturated rings. The highest BCUT2D eigenvalue weighted by Crippen LogP contribution is 2.44. The molecule has 1 aromatic rings. The molecule has 1 aliphatic rings. The first-order valence-electron chi connectivity index (χ1n) is 7.85. The van der Waals surface area contributed by atoms with Crippen LogP contribution in [0.2, 0.25) is 0 Å². The molecule has 0 spiro atoms. The summed E-state index contributed by atoms with van der Waals surface area (Å²) < 4.78 is 62.8. The third-order valence-electron chi connectivity index (χ3n) is 4.41. The number of thiophene rings is 1. The first-order chi connectivity index (χ1) is 11.0. The SMILES string of the molecule is CC(O)c1ccc(C2(CNS(=O)(=O)CCC(F)(F)F)CCCC2)s1. The quantitative estimate of drug-likeness (QED) is 0.755. The number of hydrogen-bond donors (Lipinski definition) is 2. The van der Waals surface area contributed by atoms with Crippen LogP contribution in [0.25, 0.3) is 0 Å². The molecule has 1 atom stereocenters. The lowest BCUT2D eigenvalue weighted by Crippen LogP contribution is -2.40. The van der Waals surface area contributed by atoms with Gasteiger partial charge in [0.2, 0.25) is 10.0 Å². The van der Waals surface area contributed by atoms with E-state index in [1.807, 2.05) is 12.1 Å². The van der Waals surface area contributed by atoms with Crippen molar-refractivity contribution in [3.8, 4) is 0 Å². The molecule has 0 bridgehead atoms. The number of alkyl halides is 3. The lowest BCUT2D eigenvalue weighted by Gasteiger charge is -2.28. The first kappa shape index (κ1) is 19.7. The molecule has 0 saturated heterocycles. The van der Waals surface area contributed by atoms with Gasteiger partial charge in [0.05, 0.1) is 18.3 Å². The van der Waals surface area contributed by atoms with Crippen LogP contribution >= 0.6 is 11.3 Å². The van der Waals surface area contributed by atoms with Crippen LogP contribution in [0.15, 0.2) is 12.1 Å². The second-order valence-electron chi connectivity index (χ2n) is 6.37. The monoisotopic (exact) mass is 385 g/mol. The van der Waals surface area contributed by atoms with Gasteiger partial charge in [0.15, 0.2) is 0 Å². The molecule has 1 aromatic heterocycles. The Hall–Kier alpha value is -0.640. The Balaban J connectivity index is 2.08. The van der Waals surface area contributed by atoms with E-state index in [9.17, 15) is 26.7 Å². The second-order valence-corrected chi connectivity index (χ2v) is 9.41. The van der Waals surface area contributed by atoms with Crippen molar-refractivity contribution in [2.75, 3.05) is 12.3 Å². The Morgan fingerprint density at radius 1 is 1.33 bits per heavy atom. The largest absolute Gasteiger partial charge is 0.390 e. The van der Waals surface area contributed by atoms with Gasteiger partial charge in [-0.3, -0.25) is 0 Å². The number of hydrogen-bond acceptors (Lipinski definition) is 4. The number of nitrogens with one attached hydrogen (secondary N) is 1. The molecular weight excluding hydrogens is 363 g/mol. The van der Waals surface area contributed by atoms with Crippen LogP contribution in [0.4, 0.5) is 13.2 Å². The van der Waals surface area contributed by atoms with Crippen molar-refractivity contribution in [3.63, 3.8) is 0 Å². The Morgan fingerprint density at radius 3 is 2.46 bits per heavy atom. The molecule has 4 nitrogen and oxygen atoms in total. The van der Waals surface area contributed by atoms with Gasteiger partial charge in [0, 0.05) is 21.7 Å². The maximum Gasteiger partial charge on any atom is 0.390 e. The van der Waals surface area contributed by atoms with E-state index in [-0.39, 0.29) is 12.0 Å². The second kappa shape index (κ2) is 7.31. The predicted octanol–water partition coefficient (Wildman–Crippen LogP) is 3.49. The van der Waals surface area contributed by atoms with E-state index in [4.69, 9.17) is 0 Å². The van der Waals surface area contributed by atoms with Gasteiger partial charge < -0.3 is 5.11 Å². The van der Waals surface area contributed by atoms with Crippen LogP contribution in [0, 0.1) is 0 Å².